The van der Waals surface area contributed by atoms with Gasteiger partial charge < -0.3 is 15.0 Å². The van der Waals surface area contributed by atoms with Gasteiger partial charge in [0.25, 0.3) is 0 Å². The minimum atomic E-state index is -3.83. The Balaban J connectivity index is 2.48. The van der Waals surface area contributed by atoms with E-state index in [4.69, 9.17) is 4.74 Å². The highest BCUT2D eigenvalue weighted by Gasteiger charge is 2.33. The van der Waals surface area contributed by atoms with E-state index in [1.54, 1.807) is 24.3 Å². The zero-order valence-corrected chi connectivity index (χ0v) is 22.5. The highest BCUT2D eigenvalue weighted by Crippen LogP contribution is 2.29. The normalized spacial score (nSPS) is 12.5. The second-order valence-corrected chi connectivity index (χ2v) is 11.5. The van der Waals surface area contributed by atoms with Crippen molar-refractivity contribution in [1.82, 2.24) is 10.2 Å². The molecule has 0 unspecified atom stereocenters. The topological polar surface area (TPSA) is 96.0 Å². The summed E-state index contributed by atoms with van der Waals surface area (Å²) in [5.74, 6) is -0.449. The van der Waals surface area contributed by atoms with E-state index >= 15 is 0 Å². The fraction of sp³-hybridized carbons (Fsp3) is 0.462. The van der Waals surface area contributed by atoms with E-state index in [2.05, 4.69) is 5.32 Å². The van der Waals surface area contributed by atoms with Gasteiger partial charge in [-0.2, -0.15) is 0 Å². The molecule has 2 aromatic rings. The SMILES string of the molecule is CC[C@@H](C(=O)NC(C)(C)C)N(Cc1ccc(C)cc1)C(=O)CN(c1ccccc1OC)S(C)(=O)=O. The predicted octanol–water partition coefficient (Wildman–Crippen LogP) is 3.49. The summed E-state index contributed by atoms with van der Waals surface area (Å²) in [4.78, 5) is 28.3. The first kappa shape index (κ1) is 28.2. The van der Waals surface area contributed by atoms with Gasteiger partial charge in [0.1, 0.15) is 18.3 Å². The van der Waals surface area contributed by atoms with Gasteiger partial charge in [-0.25, -0.2) is 8.42 Å². The molecule has 0 aliphatic carbocycles. The van der Waals surface area contributed by atoms with Crippen molar-refractivity contribution in [2.75, 3.05) is 24.2 Å². The molecule has 0 heterocycles. The molecule has 1 N–H and O–H groups in total. The third-order valence-electron chi connectivity index (χ3n) is 5.39. The summed E-state index contributed by atoms with van der Waals surface area (Å²) in [5, 5.41) is 2.95. The van der Waals surface area contributed by atoms with Crippen molar-refractivity contribution in [3.05, 3.63) is 59.7 Å². The number of nitrogens with one attached hydrogen (secondary N) is 1. The van der Waals surface area contributed by atoms with Crippen LogP contribution >= 0.6 is 0 Å². The Morgan fingerprint density at radius 2 is 1.66 bits per heavy atom. The first-order valence-electron chi connectivity index (χ1n) is 11.5. The number of amides is 2. The molecule has 0 aliphatic rings. The van der Waals surface area contributed by atoms with Gasteiger partial charge in [-0.1, -0.05) is 48.9 Å². The van der Waals surface area contributed by atoms with Crippen LogP contribution in [0.3, 0.4) is 0 Å². The average molecular weight is 504 g/mol. The van der Waals surface area contributed by atoms with Gasteiger partial charge in [0.2, 0.25) is 21.8 Å². The molecule has 2 amide bonds. The maximum Gasteiger partial charge on any atom is 0.244 e. The van der Waals surface area contributed by atoms with Gasteiger partial charge >= 0.3 is 0 Å². The van der Waals surface area contributed by atoms with Crippen molar-refractivity contribution in [3.8, 4) is 5.75 Å². The van der Waals surface area contributed by atoms with Crippen molar-refractivity contribution < 1.29 is 22.7 Å². The van der Waals surface area contributed by atoms with Crippen molar-refractivity contribution in [2.45, 2.75) is 59.2 Å². The van der Waals surface area contributed by atoms with Gasteiger partial charge in [0.05, 0.1) is 19.1 Å². The van der Waals surface area contributed by atoms with Crippen LogP contribution < -0.4 is 14.4 Å². The van der Waals surface area contributed by atoms with Crippen molar-refractivity contribution in [2.24, 2.45) is 0 Å². The third kappa shape index (κ3) is 7.99. The Labute approximate surface area is 209 Å². The molecule has 0 aliphatic heterocycles. The molecule has 0 fully saturated rings. The van der Waals surface area contributed by atoms with E-state index in [1.165, 1.54) is 12.0 Å². The summed E-state index contributed by atoms with van der Waals surface area (Å²) in [5.41, 5.74) is 1.69. The molecule has 9 heteroatoms. The number of para-hydroxylation sites is 2. The highest BCUT2D eigenvalue weighted by molar-refractivity contribution is 7.92. The zero-order valence-electron chi connectivity index (χ0n) is 21.7. The lowest BCUT2D eigenvalue weighted by Gasteiger charge is -2.34. The monoisotopic (exact) mass is 503 g/mol. The van der Waals surface area contributed by atoms with Crippen LogP contribution in [0.15, 0.2) is 48.5 Å². The van der Waals surface area contributed by atoms with E-state index in [-0.39, 0.29) is 18.1 Å². The molecular weight excluding hydrogens is 466 g/mol. The standard InChI is InChI=1S/C26H37N3O5S/c1-8-21(25(31)27-26(3,4)5)28(17-20-15-13-19(2)14-16-20)24(30)18-29(35(7,32)33)22-11-9-10-12-23(22)34-6/h9-16,21H,8,17-18H2,1-7H3,(H,27,31)/t21-/m0/s1. The fourth-order valence-electron chi connectivity index (χ4n) is 3.69. The molecule has 0 saturated heterocycles. The number of sulfonamides is 1. The van der Waals surface area contributed by atoms with E-state index < -0.39 is 34.1 Å². The third-order valence-corrected chi connectivity index (χ3v) is 6.52. The molecule has 8 nitrogen and oxygen atoms in total. The van der Waals surface area contributed by atoms with Crippen LogP contribution in [0.25, 0.3) is 0 Å². The lowest BCUT2D eigenvalue weighted by molar-refractivity contribution is -0.141. The van der Waals surface area contributed by atoms with Crippen LogP contribution in [0, 0.1) is 6.92 Å². The number of anilines is 1. The highest BCUT2D eigenvalue weighted by atomic mass is 32.2. The first-order valence-corrected chi connectivity index (χ1v) is 13.4. The molecule has 0 spiro atoms. The molecule has 0 saturated carbocycles. The largest absolute Gasteiger partial charge is 0.495 e. The second-order valence-electron chi connectivity index (χ2n) is 9.61. The number of ether oxygens (including phenoxy) is 1. The van der Waals surface area contributed by atoms with Gasteiger partial charge in [0.15, 0.2) is 0 Å². The van der Waals surface area contributed by atoms with Gasteiger partial charge in [-0.3, -0.25) is 13.9 Å². The van der Waals surface area contributed by atoms with Crippen LogP contribution in [-0.4, -0.2) is 56.6 Å². The molecule has 35 heavy (non-hydrogen) atoms. The summed E-state index contributed by atoms with van der Waals surface area (Å²) in [6, 6.07) is 13.5. The van der Waals surface area contributed by atoms with E-state index in [0.717, 1.165) is 21.7 Å². The van der Waals surface area contributed by atoms with Crippen LogP contribution in [-0.2, 0) is 26.2 Å². The molecule has 0 aromatic heterocycles. The van der Waals surface area contributed by atoms with Crippen LogP contribution in [0.1, 0.15) is 45.2 Å². The quantitative estimate of drug-likeness (QED) is 0.535. The molecule has 0 bridgehead atoms. The smallest absolute Gasteiger partial charge is 0.244 e. The molecule has 192 valence electrons. The van der Waals surface area contributed by atoms with E-state index in [0.29, 0.717) is 12.2 Å². The fourth-order valence-corrected chi connectivity index (χ4v) is 4.55. The summed E-state index contributed by atoms with van der Waals surface area (Å²) < 4.78 is 31.8. The van der Waals surface area contributed by atoms with E-state index in [1.807, 2.05) is 58.9 Å². The van der Waals surface area contributed by atoms with Crippen LogP contribution in [0.5, 0.6) is 5.75 Å². The lowest BCUT2D eigenvalue weighted by Crippen LogP contribution is -2.55. The van der Waals surface area contributed by atoms with Gasteiger partial charge in [-0.15, -0.1) is 0 Å². The van der Waals surface area contributed by atoms with Crippen LogP contribution in [0.4, 0.5) is 5.69 Å². The Bertz CT molecular complexity index is 1120. The number of carbonyl (C=O) groups excluding carboxylic acids is 2. The number of methoxy groups -OCH3 is 1. The Kier molecular flexibility index (Phi) is 9.31. The number of rotatable bonds is 10. The summed E-state index contributed by atoms with van der Waals surface area (Å²) >= 11 is 0. The number of nitrogens with zero attached hydrogens (tertiary/aromatic N) is 2. The Morgan fingerprint density at radius 3 is 2.17 bits per heavy atom. The van der Waals surface area contributed by atoms with Crippen molar-refractivity contribution >= 4 is 27.5 Å². The predicted molar refractivity (Wildman–Crippen MR) is 139 cm³/mol. The molecule has 2 rings (SSSR count). The zero-order chi connectivity index (χ0) is 26.4. The Morgan fingerprint density at radius 1 is 1.06 bits per heavy atom. The molecule has 0 radical (unpaired) electrons. The minimum absolute atomic E-state index is 0.165. The number of aryl methyl sites for hydroxylation is 1. The van der Waals surface area contributed by atoms with Crippen LogP contribution in [0.2, 0.25) is 0 Å². The number of benzene rings is 2. The average Bonchev–Trinajstić information content (AvgIpc) is 2.76. The minimum Gasteiger partial charge on any atom is -0.495 e. The van der Waals surface area contributed by atoms with Crippen molar-refractivity contribution in [3.63, 3.8) is 0 Å². The van der Waals surface area contributed by atoms with Gasteiger partial charge in [0, 0.05) is 12.1 Å². The number of hydrogen-bond donors (Lipinski definition) is 1. The summed E-state index contributed by atoms with van der Waals surface area (Å²) in [6.45, 7) is 9.11. The first-order chi connectivity index (χ1) is 16.3. The lowest BCUT2D eigenvalue weighted by atomic mass is 10.1. The van der Waals surface area contributed by atoms with Crippen molar-refractivity contribution in [1.29, 1.82) is 0 Å². The number of hydrogen-bond acceptors (Lipinski definition) is 5. The molecule has 2 aromatic carbocycles. The second kappa shape index (κ2) is 11.6. The summed E-state index contributed by atoms with van der Waals surface area (Å²) in [6.07, 6.45) is 1.41. The molecule has 1 atom stereocenters. The van der Waals surface area contributed by atoms with Gasteiger partial charge in [-0.05, 0) is 51.8 Å². The Hall–Kier alpha value is -3.07. The summed E-state index contributed by atoms with van der Waals surface area (Å²) in [7, 11) is -2.39. The van der Waals surface area contributed by atoms with E-state index in [9.17, 15) is 18.0 Å². The maximum absolute atomic E-state index is 13.7. The maximum atomic E-state index is 13.7. The molecular formula is C26H37N3O5S. The number of carbonyl (C=O) groups is 2.